The van der Waals surface area contributed by atoms with Gasteiger partial charge in [0.15, 0.2) is 0 Å². The molecule has 2 aromatic rings. The Bertz CT molecular complexity index is 1150. The van der Waals surface area contributed by atoms with Crippen LogP contribution in [0.5, 0.6) is 0 Å². The van der Waals surface area contributed by atoms with Crippen molar-refractivity contribution in [3.8, 4) is 0 Å². The van der Waals surface area contributed by atoms with Gasteiger partial charge in [-0.1, -0.05) is 17.7 Å². The highest BCUT2D eigenvalue weighted by Crippen LogP contribution is 2.27. The Morgan fingerprint density at radius 1 is 1.07 bits per heavy atom. The maximum Gasteiger partial charge on any atom is 0.255 e. The lowest BCUT2D eigenvalue weighted by Crippen LogP contribution is -2.40. The highest BCUT2D eigenvalue weighted by Gasteiger charge is 2.29. The van der Waals surface area contributed by atoms with Crippen LogP contribution < -0.4 is 10.5 Å². The summed E-state index contributed by atoms with van der Waals surface area (Å²) in [7, 11) is -7.84. The molecule has 1 aliphatic heterocycles. The Labute approximate surface area is 173 Å². The zero-order valence-corrected chi connectivity index (χ0v) is 17.4. The number of morpholine rings is 1. The molecule has 3 N–H and O–H groups in total. The first-order valence-electron chi connectivity index (χ1n) is 8.41. The monoisotopic (exact) mass is 459 g/mol. The van der Waals surface area contributed by atoms with Gasteiger partial charge in [0.05, 0.1) is 23.1 Å². The van der Waals surface area contributed by atoms with E-state index in [1.807, 2.05) is 0 Å². The average Bonchev–Trinajstić information content (AvgIpc) is 2.68. The summed E-state index contributed by atoms with van der Waals surface area (Å²) in [5.41, 5.74) is 0.233. The van der Waals surface area contributed by atoms with Crippen LogP contribution in [0, 0.1) is 0 Å². The Kier molecular flexibility index (Phi) is 6.27. The van der Waals surface area contributed by atoms with Gasteiger partial charge >= 0.3 is 0 Å². The van der Waals surface area contributed by atoms with Gasteiger partial charge < -0.3 is 10.1 Å². The number of hydrogen-bond acceptors (Lipinski definition) is 6. The Morgan fingerprint density at radius 3 is 2.41 bits per heavy atom. The van der Waals surface area contributed by atoms with Crippen molar-refractivity contribution in [1.29, 1.82) is 0 Å². The Morgan fingerprint density at radius 2 is 1.76 bits per heavy atom. The second-order valence-corrected chi connectivity index (χ2v) is 10.1. The number of carbonyl (C=O) groups excluding carboxylic acids is 1. The first-order valence-corrected chi connectivity index (χ1v) is 11.8. The topological polar surface area (TPSA) is 136 Å². The summed E-state index contributed by atoms with van der Waals surface area (Å²) in [5.74, 6) is -0.633. The van der Waals surface area contributed by atoms with E-state index in [-0.39, 0.29) is 52.4 Å². The van der Waals surface area contributed by atoms with E-state index < -0.39 is 26.0 Å². The zero-order chi connectivity index (χ0) is 21.2. The van der Waals surface area contributed by atoms with Gasteiger partial charge in [0, 0.05) is 24.3 Å². The molecule has 0 unspecified atom stereocenters. The number of nitrogens with one attached hydrogen (secondary N) is 1. The van der Waals surface area contributed by atoms with Crippen LogP contribution in [0.15, 0.2) is 52.3 Å². The number of hydrogen-bond donors (Lipinski definition) is 2. The van der Waals surface area contributed by atoms with Crippen LogP contribution in [-0.2, 0) is 24.8 Å². The fraction of sp³-hybridized carbons (Fsp3) is 0.235. The molecule has 1 amide bonds. The van der Waals surface area contributed by atoms with Crippen LogP contribution in [0.4, 0.5) is 5.69 Å². The van der Waals surface area contributed by atoms with Crippen molar-refractivity contribution in [2.75, 3.05) is 31.6 Å². The summed E-state index contributed by atoms with van der Waals surface area (Å²) in [6.45, 7) is 0.930. The molecular formula is C17H18ClN3O6S2. The molecule has 2 aromatic carbocycles. The smallest absolute Gasteiger partial charge is 0.255 e. The number of benzene rings is 2. The summed E-state index contributed by atoms with van der Waals surface area (Å²) in [6, 6.07) is 9.28. The minimum atomic E-state index is -3.93. The van der Waals surface area contributed by atoms with Gasteiger partial charge in [0.1, 0.15) is 4.90 Å². The molecule has 3 rings (SSSR count). The van der Waals surface area contributed by atoms with Crippen molar-refractivity contribution in [3.63, 3.8) is 0 Å². The third-order valence-corrected chi connectivity index (χ3v) is 7.49. The number of nitrogens with two attached hydrogens (primary N) is 1. The van der Waals surface area contributed by atoms with Crippen LogP contribution in [0.3, 0.4) is 0 Å². The minimum Gasteiger partial charge on any atom is -0.379 e. The molecule has 1 aliphatic rings. The number of anilines is 1. The van der Waals surface area contributed by atoms with E-state index in [9.17, 15) is 21.6 Å². The highest BCUT2D eigenvalue weighted by molar-refractivity contribution is 7.89. The Hall–Kier alpha value is -2.02. The molecular weight excluding hydrogens is 442 g/mol. The van der Waals surface area contributed by atoms with Gasteiger partial charge in [0.25, 0.3) is 5.91 Å². The predicted octanol–water partition coefficient (Wildman–Crippen LogP) is 1.26. The number of nitrogens with zero attached hydrogens (tertiary/aromatic N) is 1. The molecule has 0 spiro atoms. The molecule has 0 saturated carbocycles. The van der Waals surface area contributed by atoms with Gasteiger partial charge in [-0.15, -0.1) is 0 Å². The van der Waals surface area contributed by atoms with E-state index in [0.29, 0.717) is 0 Å². The lowest BCUT2D eigenvalue weighted by molar-refractivity contribution is 0.0730. The van der Waals surface area contributed by atoms with Crippen LogP contribution >= 0.6 is 11.6 Å². The molecule has 29 heavy (non-hydrogen) atoms. The molecule has 0 radical (unpaired) electrons. The van der Waals surface area contributed by atoms with Gasteiger partial charge in [-0.25, -0.2) is 22.0 Å². The van der Waals surface area contributed by atoms with Crippen LogP contribution in [-0.4, -0.2) is 53.4 Å². The van der Waals surface area contributed by atoms with Crippen molar-refractivity contribution in [2.45, 2.75) is 9.79 Å². The fourth-order valence-corrected chi connectivity index (χ4v) is 5.19. The van der Waals surface area contributed by atoms with Crippen molar-refractivity contribution in [2.24, 2.45) is 5.14 Å². The van der Waals surface area contributed by atoms with Gasteiger partial charge in [-0.3, -0.25) is 4.79 Å². The van der Waals surface area contributed by atoms with Crippen molar-refractivity contribution in [3.05, 3.63) is 53.1 Å². The van der Waals surface area contributed by atoms with E-state index in [0.717, 1.165) is 0 Å². The predicted molar refractivity (Wildman–Crippen MR) is 107 cm³/mol. The van der Waals surface area contributed by atoms with Crippen LogP contribution in [0.25, 0.3) is 0 Å². The maximum absolute atomic E-state index is 12.9. The molecule has 0 aliphatic carbocycles. The summed E-state index contributed by atoms with van der Waals surface area (Å²) in [4.78, 5) is 12.2. The first kappa shape index (κ1) is 21.7. The van der Waals surface area contributed by atoms with E-state index in [2.05, 4.69) is 5.32 Å². The van der Waals surface area contributed by atoms with Gasteiger partial charge in [-0.2, -0.15) is 4.31 Å². The summed E-state index contributed by atoms with van der Waals surface area (Å²) in [5, 5.41) is 7.60. The number of halogens is 1. The second-order valence-electron chi connectivity index (χ2n) is 6.19. The number of ether oxygens (including phenoxy) is 1. The third kappa shape index (κ3) is 4.94. The van der Waals surface area contributed by atoms with Crippen LogP contribution in [0.1, 0.15) is 10.4 Å². The minimum absolute atomic E-state index is 0.00994. The molecule has 0 atom stereocenters. The van der Waals surface area contributed by atoms with Crippen LogP contribution in [0.2, 0.25) is 5.02 Å². The highest BCUT2D eigenvalue weighted by atomic mass is 35.5. The normalized spacial score (nSPS) is 15.8. The molecule has 1 heterocycles. The molecule has 156 valence electrons. The van der Waals surface area contributed by atoms with Crippen molar-refractivity contribution in [1.82, 2.24) is 4.31 Å². The molecule has 0 aromatic heterocycles. The molecule has 1 fully saturated rings. The lowest BCUT2D eigenvalue weighted by Gasteiger charge is -2.26. The SMILES string of the molecule is NS(=O)(=O)c1cccc(NC(=O)c2ccc(Cl)c(S(=O)(=O)N3CCOCC3)c2)c1. The summed E-state index contributed by atoms with van der Waals surface area (Å²) < 4.78 is 55.1. The largest absolute Gasteiger partial charge is 0.379 e. The number of rotatable bonds is 5. The van der Waals surface area contributed by atoms with Gasteiger partial charge in [-0.05, 0) is 36.4 Å². The molecule has 9 nitrogen and oxygen atoms in total. The number of sulfonamides is 2. The molecule has 12 heteroatoms. The average molecular weight is 460 g/mol. The Balaban J connectivity index is 1.88. The lowest BCUT2D eigenvalue weighted by atomic mass is 10.2. The van der Waals surface area contributed by atoms with E-state index in [4.69, 9.17) is 21.5 Å². The maximum atomic E-state index is 12.9. The molecule has 0 bridgehead atoms. The first-order chi connectivity index (χ1) is 13.6. The van der Waals surface area contributed by atoms with E-state index >= 15 is 0 Å². The summed E-state index contributed by atoms with van der Waals surface area (Å²) >= 11 is 6.09. The van der Waals surface area contributed by atoms with Crippen molar-refractivity contribution >= 4 is 43.2 Å². The summed E-state index contributed by atoms with van der Waals surface area (Å²) in [6.07, 6.45) is 0. The number of primary sulfonamides is 1. The second kappa shape index (κ2) is 8.38. The third-order valence-electron chi connectivity index (χ3n) is 4.20. The zero-order valence-electron chi connectivity index (χ0n) is 15.0. The number of carbonyl (C=O) groups is 1. The van der Waals surface area contributed by atoms with E-state index in [1.54, 1.807) is 0 Å². The van der Waals surface area contributed by atoms with Gasteiger partial charge in [0.2, 0.25) is 20.0 Å². The standard InChI is InChI=1S/C17H18ClN3O6S2/c18-15-5-4-12(10-16(15)29(25,26)21-6-8-27-9-7-21)17(22)20-13-2-1-3-14(11-13)28(19,23)24/h1-5,10-11H,6-9H2,(H,20,22)(H2,19,23,24). The fourth-order valence-electron chi connectivity index (χ4n) is 2.72. The number of amides is 1. The van der Waals surface area contributed by atoms with Crippen molar-refractivity contribution < 1.29 is 26.4 Å². The molecule has 1 saturated heterocycles. The quantitative estimate of drug-likeness (QED) is 0.690. The van der Waals surface area contributed by atoms with E-state index in [1.165, 1.54) is 46.8 Å².